The second kappa shape index (κ2) is 6.05. The van der Waals surface area contributed by atoms with Crippen LogP contribution in [0.25, 0.3) is 10.1 Å². The number of hydrogen-bond acceptors (Lipinski definition) is 5. The number of thiophene rings is 1. The molecular formula is C15H16O4S. The minimum atomic E-state index is -0.000617. The van der Waals surface area contributed by atoms with Crippen molar-refractivity contribution in [1.29, 1.82) is 0 Å². The van der Waals surface area contributed by atoms with E-state index in [9.17, 15) is 9.59 Å². The maximum Gasteiger partial charge on any atom is 0.173 e. The van der Waals surface area contributed by atoms with Crippen molar-refractivity contribution in [1.82, 2.24) is 0 Å². The highest BCUT2D eigenvalue weighted by molar-refractivity contribution is 7.20. The Morgan fingerprint density at radius 1 is 1.05 bits per heavy atom. The average Bonchev–Trinajstić information content (AvgIpc) is 2.85. The number of fused-ring (bicyclic) bond motifs is 1. The van der Waals surface area contributed by atoms with Crippen molar-refractivity contribution in [2.24, 2.45) is 0 Å². The molecule has 2 aromatic rings. The Hall–Kier alpha value is -1.88. The first kappa shape index (κ1) is 14.5. The van der Waals surface area contributed by atoms with Crippen LogP contribution in [-0.2, 0) is 4.79 Å². The zero-order chi connectivity index (χ0) is 14.7. The van der Waals surface area contributed by atoms with Gasteiger partial charge in [-0.1, -0.05) is 0 Å². The number of Topliss-reactive ketones (excluding diaryl/α,β-unsaturated/α-hetero) is 2. The summed E-state index contributed by atoms with van der Waals surface area (Å²) >= 11 is 1.41. The first-order chi connectivity index (χ1) is 9.55. The van der Waals surface area contributed by atoms with Gasteiger partial charge in [-0.3, -0.25) is 4.79 Å². The summed E-state index contributed by atoms with van der Waals surface area (Å²) in [6.45, 7) is 1.49. The maximum absolute atomic E-state index is 12.0. The number of methoxy groups -OCH3 is 2. The van der Waals surface area contributed by atoms with Crippen LogP contribution in [0.5, 0.6) is 11.5 Å². The largest absolute Gasteiger partial charge is 0.493 e. The third-order valence-corrected chi connectivity index (χ3v) is 4.14. The Morgan fingerprint density at radius 2 is 1.70 bits per heavy atom. The molecule has 4 nitrogen and oxygen atoms in total. The monoisotopic (exact) mass is 292 g/mol. The maximum atomic E-state index is 12.0. The lowest BCUT2D eigenvalue weighted by atomic mass is 10.1. The van der Waals surface area contributed by atoms with Crippen molar-refractivity contribution >= 4 is 33.0 Å². The molecule has 0 aliphatic carbocycles. The fourth-order valence-electron chi connectivity index (χ4n) is 1.92. The van der Waals surface area contributed by atoms with Crippen LogP contribution in [0.2, 0.25) is 0 Å². The van der Waals surface area contributed by atoms with E-state index in [0.717, 1.165) is 10.1 Å². The van der Waals surface area contributed by atoms with E-state index < -0.39 is 0 Å². The third kappa shape index (κ3) is 2.99. The van der Waals surface area contributed by atoms with Gasteiger partial charge in [0.1, 0.15) is 5.78 Å². The van der Waals surface area contributed by atoms with Crippen LogP contribution in [-0.4, -0.2) is 25.8 Å². The van der Waals surface area contributed by atoms with Crippen LogP contribution in [0.4, 0.5) is 0 Å². The fourth-order valence-corrected chi connectivity index (χ4v) is 2.96. The van der Waals surface area contributed by atoms with E-state index in [-0.39, 0.29) is 18.0 Å². The highest BCUT2D eigenvalue weighted by atomic mass is 32.1. The second-order valence-electron chi connectivity index (χ2n) is 4.48. The van der Waals surface area contributed by atoms with Gasteiger partial charge in [0, 0.05) is 23.6 Å². The molecule has 0 aliphatic rings. The van der Waals surface area contributed by atoms with Crippen LogP contribution in [0.1, 0.15) is 29.4 Å². The molecule has 5 heteroatoms. The Labute approximate surface area is 121 Å². The number of carbonyl (C=O) groups is 2. The third-order valence-electron chi connectivity index (χ3n) is 3.00. The van der Waals surface area contributed by atoms with Gasteiger partial charge >= 0.3 is 0 Å². The van der Waals surface area contributed by atoms with Gasteiger partial charge in [-0.05, 0) is 24.4 Å². The van der Waals surface area contributed by atoms with E-state index >= 15 is 0 Å². The van der Waals surface area contributed by atoms with E-state index in [1.807, 2.05) is 18.2 Å². The molecule has 0 amide bonds. The Bertz CT molecular complexity index is 616. The summed E-state index contributed by atoms with van der Waals surface area (Å²) in [5, 5.41) is 0.943. The first-order valence-corrected chi connectivity index (χ1v) is 7.05. The zero-order valence-corrected chi connectivity index (χ0v) is 12.5. The topological polar surface area (TPSA) is 52.6 Å². The van der Waals surface area contributed by atoms with Gasteiger partial charge in [0.2, 0.25) is 0 Å². The van der Waals surface area contributed by atoms with Crippen molar-refractivity contribution in [3.8, 4) is 11.5 Å². The van der Waals surface area contributed by atoms with Gasteiger partial charge in [0.05, 0.1) is 19.1 Å². The van der Waals surface area contributed by atoms with E-state index in [2.05, 4.69) is 0 Å². The molecule has 0 atom stereocenters. The quantitative estimate of drug-likeness (QED) is 0.765. The number of benzene rings is 1. The van der Waals surface area contributed by atoms with Crippen LogP contribution in [0.3, 0.4) is 0 Å². The molecule has 1 heterocycles. The molecule has 0 radical (unpaired) electrons. The molecule has 2 rings (SSSR count). The number of ether oxygens (including phenoxy) is 2. The van der Waals surface area contributed by atoms with E-state index in [4.69, 9.17) is 9.47 Å². The molecule has 1 aromatic heterocycles. The summed E-state index contributed by atoms with van der Waals surface area (Å²) in [5.74, 6) is 1.31. The summed E-state index contributed by atoms with van der Waals surface area (Å²) in [4.78, 5) is 23.6. The van der Waals surface area contributed by atoms with Gasteiger partial charge in [-0.25, -0.2) is 0 Å². The predicted octanol–water partition coefficient (Wildman–Crippen LogP) is 3.47. The van der Waals surface area contributed by atoms with Crippen molar-refractivity contribution in [3.63, 3.8) is 0 Å². The lowest BCUT2D eigenvalue weighted by molar-refractivity contribution is -0.116. The summed E-state index contributed by atoms with van der Waals surface area (Å²) in [5.41, 5.74) is 0. The number of ketones is 2. The molecule has 0 spiro atoms. The van der Waals surface area contributed by atoms with Crippen molar-refractivity contribution in [2.75, 3.05) is 14.2 Å². The van der Waals surface area contributed by atoms with Gasteiger partial charge in [-0.15, -0.1) is 11.3 Å². The normalized spacial score (nSPS) is 10.6. The van der Waals surface area contributed by atoms with Gasteiger partial charge < -0.3 is 14.3 Å². The van der Waals surface area contributed by atoms with Crippen molar-refractivity contribution < 1.29 is 19.1 Å². The number of carbonyl (C=O) groups excluding carboxylic acids is 2. The van der Waals surface area contributed by atoms with Gasteiger partial charge in [0.25, 0.3) is 0 Å². The highest BCUT2D eigenvalue weighted by Crippen LogP contribution is 2.36. The van der Waals surface area contributed by atoms with Gasteiger partial charge in [0.15, 0.2) is 17.3 Å². The van der Waals surface area contributed by atoms with E-state index in [1.165, 1.54) is 18.3 Å². The summed E-state index contributed by atoms with van der Waals surface area (Å²) in [7, 11) is 3.16. The molecule has 0 aliphatic heterocycles. The lowest BCUT2D eigenvalue weighted by Gasteiger charge is -2.06. The van der Waals surface area contributed by atoms with Crippen LogP contribution in [0.15, 0.2) is 18.2 Å². The van der Waals surface area contributed by atoms with Crippen LogP contribution < -0.4 is 9.47 Å². The van der Waals surface area contributed by atoms with Crippen molar-refractivity contribution in [2.45, 2.75) is 19.8 Å². The molecule has 1 aromatic carbocycles. The Balaban J connectivity index is 2.33. The summed E-state index contributed by atoms with van der Waals surface area (Å²) in [6.07, 6.45) is 0.552. The first-order valence-electron chi connectivity index (χ1n) is 6.23. The Kier molecular flexibility index (Phi) is 4.39. The summed E-state index contributed by atoms with van der Waals surface area (Å²) in [6, 6.07) is 5.55. The predicted molar refractivity (Wildman–Crippen MR) is 79.2 cm³/mol. The fraction of sp³-hybridized carbons (Fsp3) is 0.333. The van der Waals surface area contributed by atoms with Crippen molar-refractivity contribution in [3.05, 3.63) is 23.1 Å². The molecule has 0 bridgehead atoms. The average molecular weight is 292 g/mol. The highest BCUT2D eigenvalue weighted by Gasteiger charge is 2.14. The molecule has 0 unspecified atom stereocenters. The minimum absolute atomic E-state index is 0.000617. The second-order valence-corrected chi connectivity index (χ2v) is 5.56. The van der Waals surface area contributed by atoms with E-state index in [0.29, 0.717) is 22.8 Å². The van der Waals surface area contributed by atoms with E-state index in [1.54, 1.807) is 14.2 Å². The smallest absolute Gasteiger partial charge is 0.173 e. The standard InChI is InChI=1S/C15H16O4S/c1-9(16)4-5-11(17)15-7-10-6-12(18-2)13(19-3)8-14(10)20-15/h6-8H,4-5H2,1-3H3. The van der Waals surface area contributed by atoms with Gasteiger partial charge in [-0.2, -0.15) is 0 Å². The SMILES string of the molecule is COc1cc2cc(C(=O)CCC(C)=O)sc2cc1OC. The molecule has 0 saturated heterocycles. The lowest BCUT2D eigenvalue weighted by Crippen LogP contribution is -1.99. The van der Waals surface area contributed by atoms with Crippen LogP contribution in [0, 0.1) is 0 Å². The van der Waals surface area contributed by atoms with Crippen LogP contribution >= 0.6 is 11.3 Å². The molecule has 0 fully saturated rings. The zero-order valence-electron chi connectivity index (χ0n) is 11.7. The molecule has 20 heavy (non-hydrogen) atoms. The molecular weight excluding hydrogens is 276 g/mol. The Morgan fingerprint density at radius 3 is 2.30 bits per heavy atom. The molecule has 0 saturated carbocycles. The summed E-state index contributed by atoms with van der Waals surface area (Å²) < 4.78 is 11.5. The number of hydrogen-bond donors (Lipinski definition) is 0. The molecule has 106 valence electrons. The minimum Gasteiger partial charge on any atom is -0.493 e. The number of rotatable bonds is 6. The molecule has 0 N–H and O–H groups in total.